The predicted octanol–water partition coefficient (Wildman–Crippen LogP) is 1.92. The Morgan fingerprint density at radius 3 is 2.35 bits per heavy atom. The smallest absolute Gasteiger partial charge is 0.334 e. The van der Waals surface area contributed by atoms with Crippen molar-refractivity contribution < 1.29 is 19.4 Å². The van der Waals surface area contributed by atoms with Crippen LogP contribution in [0.1, 0.15) is 32.8 Å². The second kappa shape index (κ2) is 7.05. The second-order valence-electron chi connectivity index (χ2n) is 4.52. The highest BCUT2D eigenvalue weighted by Gasteiger charge is 2.41. The average Bonchev–Trinajstić information content (AvgIpc) is 2.45. The van der Waals surface area contributed by atoms with E-state index in [1.807, 2.05) is 0 Å². The Hall–Kier alpha value is -1.88. The lowest BCUT2D eigenvalue weighted by atomic mass is 9.87. The Bertz CT molecular complexity index is 460. The molecule has 0 aromatic heterocycles. The SMILES string of the molecule is CCOC(C)C(=O)NC(CC)(C(=O)O)c1ccccc1. The maximum atomic E-state index is 12.1. The first kappa shape index (κ1) is 16.2. The Kier molecular flexibility index (Phi) is 5.70. The zero-order valence-electron chi connectivity index (χ0n) is 12.1. The normalized spacial score (nSPS) is 15.2. The van der Waals surface area contributed by atoms with Crippen molar-refractivity contribution in [3.63, 3.8) is 0 Å². The Balaban J connectivity index is 3.08. The van der Waals surface area contributed by atoms with Crippen molar-refractivity contribution >= 4 is 11.9 Å². The minimum atomic E-state index is -1.43. The average molecular weight is 279 g/mol. The maximum absolute atomic E-state index is 12.1. The third-order valence-corrected chi connectivity index (χ3v) is 3.28. The van der Waals surface area contributed by atoms with Gasteiger partial charge < -0.3 is 15.2 Å². The summed E-state index contributed by atoms with van der Waals surface area (Å²) >= 11 is 0. The van der Waals surface area contributed by atoms with Gasteiger partial charge in [0.05, 0.1) is 0 Å². The number of hydrogen-bond donors (Lipinski definition) is 2. The number of ether oxygens (including phenoxy) is 1. The Morgan fingerprint density at radius 1 is 1.30 bits per heavy atom. The molecule has 1 aromatic carbocycles. The van der Waals surface area contributed by atoms with Gasteiger partial charge in [-0.15, -0.1) is 0 Å². The third-order valence-electron chi connectivity index (χ3n) is 3.28. The summed E-state index contributed by atoms with van der Waals surface area (Å²) in [7, 11) is 0. The summed E-state index contributed by atoms with van der Waals surface area (Å²) in [4.78, 5) is 23.8. The molecule has 0 aliphatic heterocycles. The number of hydrogen-bond acceptors (Lipinski definition) is 3. The van der Waals surface area contributed by atoms with E-state index in [9.17, 15) is 14.7 Å². The molecule has 0 fully saturated rings. The highest BCUT2D eigenvalue weighted by molar-refractivity contribution is 5.89. The lowest BCUT2D eigenvalue weighted by Crippen LogP contribution is -2.54. The molecule has 1 aromatic rings. The molecule has 110 valence electrons. The first-order chi connectivity index (χ1) is 9.47. The molecule has 0 aliphatic carbocycles. The quantitative estimate of drug-likeness (QED) is 0.799. The molecule has 5 nitrogen and oxygen atoms in total. The van der Waals surface area contributed by atoms with Crippen molar-refractivity contribution in [2.24, 2.45) is 0 Å². The lowest BCUT2D eigenvalue weighted by molar-refractivity contribution is -0.150. The molecule has 20 heavy (non-hydrogen) atoms. The van der Waals surface area contributed by atoms with Gasteiger partial charge >= 0.3 is 5.97 Å². The highest BCUT2D eigenvalue weighted by atomic mass is 16.5. The molecule has 0 spiro atoms. The molecule has 1 rings (SSSR count). The van der Waals surface area contributed by atoms with Crippen LogP contribution in [0.5, 0.6) is 0 Å². The van der Waals surface area contributed by atoms with Gasteiger partial charge in [-0.2, -0.15) is 0 Å². The fourth-order valence-electron chi connectivity index (χ4n) is 2.05. The molecular weight excluding hydrogens is 258 g/mol. The number of nitrogens with one attached hydrogen (secondary N) is 1. The van der Waals surface area contributed by atoms with Crippen molar-refractivity contribution in [2.75, 3.05) is 6.61 Å². The topological polar surface area (TPSA) is 75.6 Å². The van der Waals surface area contributed by atoms with E-state index in [2.05, 4.69) is 5.32 Å². The molecule has 2 N–H and O–H groups in total. The molecular formula is C15H21NO4. The number of carbonyl (C=O) groups excluding carboxylic acids is 1. The van der Waals surface area contributed by atoms with E-state index in [1.54, 1.807) is 51.1 Å². The number of aliphatic carboxylic acids is 1. The van der Waals surface area contributed by atoms with Crippen LogP contribution < -0.4 is 5.32 Å². The molecule has 0 saturated carbocycles. The second-order valence-corrected chi connectivity index (χ2v) is 4.52. The number of rotatable bonds is 7. The van der Waals surface area contributed by atoms with Crippen molar-refractivity contribution in [3.05, 3.63) is 35.9 Å². The third kappa shape index (κ3) is 3.36. The number of carboxylic acids is 1. The summed E-state index contributed by atoms with van der Waals surface area (Å²) in [6.07, 6.45) is -0.439. The lowest BCUT2D eigenvalue weighted by Gasteiger charge is -2.31. The van der Waals surface area contributed by atoms with Gasteiger partial charge in [-0.1, -0.05) is 37.3 Å². The van der Waals surface area contributed by atoms with Crippen molar-refractivity contribution in [2.45, 2.75) is 38.8 Å². The maximum Gasteiger partial charge on any atom is 0.334 e. The van der Waals surface area contributed by atoms with Crippen LogP contribution in [-0.4, -0.2) is 29.7 Å². The summed E-state index contributed by atoms with van der Waals surface area (Å²) in [6.45, 7) is 5.51. The van der Waals surface area contributed by atoms with Gasteiger partial charge in [0.25, 0.3) is 0 Å². The number of benzene rings is 1. The van der Waals surface area contributed by atoms with Crippen LogP contribution in [0.15, 0.2) is 30.3 Å². The van der Waals surface area contributed by atoms with E-state index < -0.39 is 23.5 Å². The number of carbonyl (C=O) groups is 2. The van der Waals surface area contributed by atoms with E-state index in [0.717, 1.165) is 0 Å². The Labute approximate surface area is 118 Å². The summed E-state index contributed by atoms with van der Waals surface area (Å²) in [5.74, 6) is -1.51. The van der Waals surface area contributed by atoms with Gasteiger partial charge in [-0.3, -0.25) is 4.79 Å². The summed E-state index contributed by atoms with van der Waals surface area (Å²) in [5, 5.41) is 12.2. The van der Waals surface area contributed by atoms with Crippen molar-refractivity contribution in [3.8, 4) is 0 Å². The molecule has 0 aliphatic rings. The van der Waals surface area contributed by atoms with Gasteiger partial charge in [0.2, 0.25) is 5.91 Å². The van der Waals surface area contributed by atoms with Gasteiger partial charge in [0.1, 0.15) is 6.10 Å². The zero-order chi connectivity index (χ0) is 15.2. The first-order valence-electron chi connectivity index (χ1n) is 6.70. The summed E-state index contributed by atoms with van der Waals surface area (Å²) < 4.78 is 5.20. The van der Waals surface area contributed by atoms with Crippen LogP contribution in [0.4, 0.5) is 0 Å². The van der Waals surface area contributed by atoms with Gasteiger partial charge in [-0.05, 0) is 25.8 Å². The molecule has 5 heteroatoms. The molecule has 0 heterocycles. The molecule has 0 bridgehead atoms. The predicted molar refractivity (Wildman–Crippen MR) is 75.3 cm³/mol. The van der Waals surface area contributed by atoms with Crippen LogP contribution >= 0.6 is 0 Å². The van der Waals surface area contributed by atoms with E-state index in [4.69, 9.17) is 4.74 Å². The van der Waals surface area contributed by atoms with Crippen LogP contribution in [0, 0.1) is 0 Å². The number of amides is 1. The monoisotopic (exact) mass is 279 g/mol. The first-order valence-corrected chi connectivity index (χ1v) is 6.70. The van der Waals surface area contributed by atoms with Crippen molar-refractivity contribution in [1.82, 2.24) is 5.32 Å². The summed E-state index contributed by atoms with van der Waals surface area (Å²) in [5.41, 5.74) is -0.879. The minimum Gasteiger partial charge on any atom is -0.479 e. The molecule has 2 atom stereocenters. The van der Waals surface area contributed by atoms with E-state index in [1.165, 1.54) is 0 Å². The molecule has 2 unspecified atom stereocenters. The van der Waals surface area contributed by atoms with Gasteiger partial charge in [0, 0.05) is 6.61 Å². The fraction of sp³-hybridized carbons (Fsp3) is 0.467. The summed E-state index contributed by atoms with van der Waals surface area (Å²) in [6, 6.07) is 8.70. The van der Waals surface area contributed by atoms with Gasteiger partial charge in [-0.25, -0.2) is 4.79 Å². The standard InChI is InChI=1S/C15H21NO4/c1-4-15(14(18)19,12-9-7-6-8-10-12)16-13(17)11(3)20-5-2/h6-11H,4-5H2,1-3H3,(H,16,17)(H,18,19). The molecule has 1 amide bonds. The van der Waals surface area contributed by atoms with Crippen LogP contribution in [-0.2, 0) is 19.9 Å². The Morgan fingerprint density at radius 2 is 1.90 bits per heavy atom. The molecule has 0 radical (unpaired) electrons. The zero-order valence-corrected chi connectivity index (χ0v) is 12.1. The van der Waals surface area contributed by atoms with Crippen LogP contribution in [0.25, 0.3) is 0 Å². The van der Waals surface area contributed by atoms with E-state index in [-0.39, 0.29) is 6.42 Å². The largest absolute Gasteiger partial charge is 0.479 e. The van der Waals surface area contributed by atoms with Gasteiger partial charge in [0.15, 0.2) is 5.54 Å². The van der Waals surface area contributed by atoms with Crippen LogP contribution in [0.3, 0.4) is 0 Å². The number of carboxylic acid groups (broad SMARTS) is 1. The van der Waals surface area contributed by atoms with Crippen LogP contribution in [0.2, 0.25) is 0 Å². The molecule has 0 saturated heterocycles. The fourth-order valence-corrected chi connectivity index (χ4v) is 2.05. The highest BCUT2D eigenvalue weighted by Crippen LogP contribution is 2.25. The van der Waals surface area contributed by atoms with Crippen molar-refractivity contribution in [1.29, 1.82) is 0 Å². The van der Waals surface area contributed by atoms with E-state index in [0.29, 0.717) is 12.2 Å². The van der Waals surface area contributed by atoms with E-state index >= 15 is 0 Å². The minimum absolute atomic E-state index is 0.247.